The number of nitrogens with zero attached hydrogens (tertiary/aromatic N) is 1. The van der Waals surface area contributed by atoms with Crippen LogP contribution >= 0.6 is 0 Å². The Bertz CT molecular complexity index is 717. The first kappa shape index (κ1) is 20.0. The van der Waals surface area contributed by atoms with Crippen LogP contribution in [0, 0.1) is 29.6 Å². The van der Waals surface area contributed by atoms with E-state index in [1.807, 2.05) is 0 Å². The zero-order valence-electron chi connectivity index (χ0n) is 18.1. The van der Waals surface area contributed by atoms with E-state index >= 15 is 0 Å². The number of fused-ring (bicyclic) bond motifs is 1. The summed E-state index contributed by atoms with van der Waals surface area (Å²) in [6.45, 7) is 9.65. The molecule has 0 spiro atoms. The van der Waals surface area contributed by atoms with Crippen LogP contribution in [0.3, 0.4) is 0 Å². The Hall–Kier alpha value is -1.76. The van der Waals surface area contributed by atoms with Crippen molar-refractivity contribution in [3.8, 4) is 0 Å². The minimum absolute atomic E-state index is 0.717. The third-order valence-electron chi connectivity index (χ3n) is 6.89. The van der Waals surface area contributed by atoms with Gasteiger partial charge in [0.1, 0.15) is 0 Å². The van der Waals surface area contributed by atoms with Crippen LogP contribution in [0.4, 0.5) is 5.69 Å². The van der Waals surface area contributed by atoms with E-state index in [0.717, 1.165) is 29.6 Å². The Morgan fingerprint density at radius 2 is 1.78 bits per heavy atom. The van der Waals surface area contributed by atoms with Crippen molar-refractivity contribution < 1.29 is 0 Å². The maximum absolute atomic E-state index is 2.48. The van der Waals surface area contributed by atoms with E-state index in [0.29, 0.717) is 0 Å². The average Bonchev–Trinajstić information content (AvgIpc) is 2.82. The van der Waals surface area contributed by atoms with E-state index in [2.05, 4.69) is 95.3 Å². The van der Waals surface area contributed by atoms with Gasteiger partial charge in [-0.15, -0.1) is 0 Å². The maximum atomic E-state index is 2.48. The number of hydrogen-bond acceptors (Lipinski definition) is 1. The molecule has 0 heterocycles. The van der Waals surface area contributed by atoms with Gasteiger partial charge in [0.05, 0.1) is 0 Å². The molecule has 4 unspecified atom stereocenters. The van der Waals surface area contributed by atoms with Gasteiger partial charge in [-0.2, -0.15) is 0 Å². The van der Waals surface area contributed by atoms with E-state index in [1.54, 1.807) is 11.1 Å². The van der Waals surface area contributed by atoms with Crippen LogP contribution in [-0.2, 0) is 0 Å². The van der Waals surface area contributed by atoms with Crippen molar-refractivity contribution in [2.45, 2.75) is 47.0 Å². The molecule has 0 N–H and O–H groups in total. The normalized spacial score (nSPS) is 29.9. The van der Waals surface area contributed by atoms with Gasteiger partial charge in [-0.05, 0) is 79.0 Å². The minimum Gasteiger partial charge on any atom is -0.378 e. The van der Waals surface area contributed by atoms with Gasteiger partial charge in [0.15, 0.2) is 0 Å². The highest BCUT2D eigenvalue weighted by Gasteiger charge is 2.39. The van der Waals surface area contributed by atoms with Crippen LogP contribution in [0.15, 0.2) is 53.6 Å². The first-order valence-electron chi connectivity index (χ1n) is 10.7. The average molecular weight is 364 g/mol. The summed E-state index contributed by atoms with van der Waals surface area (Å²) in [4.78, 5) is 2.14. The van der Waals surface area contributed by atoms with Gasteiger partial charge in [0, 0.05) is 19.8 Å². The van der Waals surface area contributed by atoms with Crippen molar-refractivity contribution in [1.29, 1.82) is 0 Å². The molecule has 0 aromatic heterocycles. The zero-order chi connectivity index (χ0) is 19.6. The van der Waals surface area contributed by atoms with Crippen LogP contribution in [0.5, 0.6) is 0 Å². The Kier molecular flexibility index (Phi) is 6.29. The molecule has 1 aromatic rings. The lowest BCUT2D eigenvalue weighted by molar-refractivity contribution is 0.299. The first-order chi connectivity index (χ1) is 12.9. The molecule has 3 rings (SSSR count). The Labute approximate surface area is 166 Å². The second-order valence-corrected chi connectivity index (χ2v) is 9.33. The van der Waals surface area contributed by atoms with Gasteiger partial charge in [-0.3, -0.25) is 0 Å². The summed E-state index contributed by atoms with van der Waals surface area (Å²) in [7, 11) is 4.16. The predicted octanol–water partition coefficient (Wildman–Crippen LogP) is 6.98. The highest BCUT2D eigenvalue weighted by molar-refractivity contribution is 5.57. The summed E-state index contributed by atoms with van der Waals surface area (Å²) >= 11 is 0. The van der Waals surface area contributed by atoms with Crippen LogP contribution in [-0.4, -0.2) is 14.1 Å². The zero-order valence-corrected chi connectivity index (χ0v) is 18.1. The maximum Gasteiger partial charge on any atom is 0.0361 e. The molecule has 146 valence electrons. The molecular formula is C26H37N. The number of rotatable bonds is 4. The van der Waals surface area contributed by atoms with Crippen LogP contribution < -0.4 is 4.90 Å². The molecule has 1 fully saturated rings. The van der Waals surface area contributed by atoms with Gasteiger partial charge < -0.3 is 4.90 Å². The molecular weight excluding hydrogens is 326 g/mol. The Balaban J connectivity index is 1.76. The summed E-state index contributed by atoms with van der Waals surface area (Å²) in [5.74, 6) is 3.95. The van der Waals surface area contributed by atoms with Gasteiger partial charge >= 0.3 is 0 Å². The molecule has 0 bridgehead atoms. The lowest BCUT2D eigenvalue weighted by Crippen LogP contribution is -2.19. The summed E-state index contributed by atoms with van der Waals surface area (Å²) in [6, 6.07) is 8.76. The molecule has 0 radical (unpaired) electrons. The number of anilines is 1. The van der Waals surface area contributed by atoms with Gasteiger partial charge in [0.25, 0.3) is 0 Å². The van der Waals surface area contributed by atoms with Gasteiger partial charge in [-0.25, -0.2) is 0 Å². The molecule has 2 aliphatic carbocycles. The highest BCUT2D eigenvalue weighted by atomic mass is 15.1. The molecule has 0 aliphatic heterocycles. The monoisotopic (exact) mass is 363 g/mol. The third kappa shape index (κ3) is 4.57. The molecule has 0 saturated heterocycles. The summed E-state index contributed by atoms with van der Waals surface area (Å²) in [5.41, 5.74) is 5.67. The molecule has 0 amide bonds. The summed E-state index contributed by atoms with van der Waals surface area (Å²) in [6.07, 6.45) is 13.5. The fourth-order valence-corrected chi connectivity index (χ4v) is 5.06. The van der Waals surface area contributed by atoms with Crippen molar-refractivity contribution in [2.75, 3.05) is 19.0 Å². The van der Waals surface area contributed by atoms with E-state index in [4.69, 9.17) is 0 Å². The molecule has 2 aliphatic rings. The topological polar surface area (TPSA) is 3.24 Å². The van der Waals surface area contributed by atoms with E-state index in [1.165, 1.54) is 30.5 Å². The number of hydrogen-bond donors (Lipinski definition) is 0. The first-order valence-corrected chi connectivity index (χ1v) is 10.7. The SMILES string of the molecule is CC1=CC(=CC=Cc2ccc(N(C)C)cc2)C2C(C)CCC(C(C)C)CC12. The second-order valence-electron chi connectivity index (χ2n) is 9.33. The van der Waals surface area contributed by atoms with Gasteiger partial charge in [0.2, 0.25) is 0 Å². The van der Waals surface area contributed by atoms with Crippen LogP contribution in [0.2, 0.25) is 0 Å². The lowest BCUT2D eigenvalue weighted by Gasteiger charge is -2.27. The van der Waals surface area contributed by atoms with Crippen molar-refractivity contribution in [1.82, 2.24) is 0 Å². The van der Waals surface area contributed by atoms with Crippen LogP contribution in [0.25, 0.3) is 6.08 Å². The predicted molar refractivity (Wildman–Crippen MR) is 120 cm³/mol. The number of benzene rings is 1. The standard InChI is InChI=1S/C26H37N/c1-18(2)22-13-10-19(3)26-23(16-20(4)25(26)17-22)9-7-8-21-11-14-24(15-12-21)27(5)6/h7-9,11-12,14-16,18-19,22,25-26H,10,13,17H2,1-6H3. The molecule has 1 nitrogen and oxygen atoms in total. The lowest BCUT2D eigenvalue weighted by atomic mass is 9.77. The van der Waals surface area contributed by atoms with Crippen LogP contribution in [0.1, 0.15) is 52.5 Å². The molecule has 1 saturated carbocycles. The summed E-state index contributed by atoms with van der Waals surface area (Å²) < 4.78 is 0. The number of allylic oxidation sites excluding steroid dienone is 5. The van der Waals surface area contributed by atoms with Gasteiger partial charge in [-0.1, -0.05) is 62.8 Å². The van der Waals surface area contributed by atoms with Crippen molar-refractivity contribution in [3.63, 3.8) is 0 Å². The largest absolute Gasteiger partial charge is 0.378 e. The quantitative estimate of drug-likeness (QED) is 0.558. The molecule has 1 aromatic carbocycles. The molecule has 1 heteroatoms. The van der Waals surface area contributed by atoms with E-state index in [-0.39, 0.29) is 0 Å². The van der Waals surface area contributed by atoms with Crippen molar-refractivity contribution in [2.24, 2.45) is 29.6 Å². The Morgan fingerprint density at radius 1 is 1.07 bits per heavy atom. The Morgan fingerprint density at radius 3 is 2.41 bits per heavy atom. The molecule has 4 atom stereocenters. The summed E-state index contributed by atoms with van der Waals surface area (Å²) in [5, 5.41) is 0. The van der Waals surface area contributed by atoms with Crippen molar-refractivity contribution >= 4 is 11.8 Å². The highest BCUT2D eigenvalue weighted by Crippen LogP contribution is 2.49. The smallest absolute Gasteiger partial charge is 0.0361 e. The second kappa shape index (κ2) is 8.50. The third-order valence-corrected chi connectivity index (χ3v) is 6.89. The minimum atomic E-state index is 0.717. The van der Waals surface area contributed by atoms with E-state index in [9.17, 15) is 0 Å². The van der Waals surface area contributed by atoms with E-state index < -0.39 is 0 Å². The molecule has 27 heavy (non-hydrogen) atoms. The fourth-order valence-electron chi connectivity index (χ4n) is 5.06. The fraction of sp³-hybridized carbons (Fsp3) is 0.538. The van der Waals surface area contributed by atoms with Crippen molar-refractivity contribution in [3.05, 3.63) is 59.2 Å².